The second-order valence-corrected chi connectivity index (χ2v) is 17.0. The Morgan fingerprint density at radius 1 is 0.712 bits per heavy atom. The highest BCUT2D eigenvalue weighted by Gasteiger charge is 2.56. The Morgan fingerprint density at radius 2 is 1.24 bits per heavy atom. The molecule has 2 saturated heterocycles. The molecule has 10 unspecified atom stereocenters. The normalized spacial score (nSPS) is 31.4. The molecule has 2 N–H and O–H groups in total. The number of likely N-dealkylation sites (tertiary alicyclic amines) is 2. The van der Waals surface area contributed by atoms with Gasteiger partial charge < -0.3 is 53.2 Å². The van der Waals surface area contributed by atoms with E-state index in [1.165, 1.54) is 12.1 Å². The first kappa shape index (κ1) is 37.8. The van der Waals surface area contributed by atoms with E-state index in [1.807, 2.05) is 13.1 Å². The average molecular weight is 812 g/mol. The van der Waals surface area contributed by atoms with E-state index >= 15 is 0 Å². The molecule has 2 saturated carbocycles. The van der Waals surface area contributed by atoms with E-state index in [-0.39, 0.29) is 60.1 Å². The van der Waals surface area contributed by atoms with Gasteiger partial charge in [0.1, 0.15) is 18.3 Å². The fraction of sp³-hybridized carbons (Fsp3) is 0.512. The van der Waals surface area contributed by atoms with Crippen molar-refractivity contribution in [3.63, 3.8) is 0 Å². The van der Waals surface area contributed by atoms with Crippen LogP contribution in [0.5, 0.6) is 23.0 Å². The molecule has 2 aromatic carbocycles. The van der Waals surface area contributed by atoms with Gasteiger partial charge in [-0.1, -0.05) is 0 Å². The van der Waals surface area contributed by atoms with E-state index in [4.69, 9.17) is 33.2 Å². The van der Waals surface area contributed by atoms with Crippen molar-refractivity contribution >= 4 is 23.9 Å². The first-order valence-corrected chi connectivity index (χ1v) is 20.2. The molecule has 0 amide bonds. The van der Waals surface area contributed by atoms with Crippen molar-refractivity contribution in [3.8, 4) is 23.0 Å². The molecule has 16 nitrogen and oxygen atoms in total. The van der Waals surface area contributed by atoms with Gasteiger partial charge in [-0.05, 0) is 120 Å². The lowest BCUT2D eigenvalue weighted by molar-refractivity contribution is -0.0866. The fourth-order valence-corrected chi connectivity index (χ4v) is 11.1. The number of benzene rings is 2. The molecule has 59 heavy (non-hydrogen) atoms. The maximum Gasteiger partial charge on any atom is 0.340 e. The standard InChI is InChI=1S/C43H45N3O13/c1-18-22(41(50)57-32-9-20-5-7-45(3)36(20)34(38(32)47)24-12-28-30(55-16-53-28)14-26(24)40(48)49)11-23(19(2)44-18)42(51)58-33-10-21-6-8-46(4)37(21)35-25-13-29-31(56-17-54-29)15-27(25)43(52)59-39(33)35/h11-15,20-21,32-39,47H,5-10,16-17H2,1-4H3,(H,48,49). The van der Waals surface area contributed by atoms with Crippen LogP contribution in [0, 0.1) is 25.7 Å². The molecule has 0 spiro atoms. The highest BCUT2D eigenvalue weighted by atomic mass is 16.7. The summed E-state index contributed by atoms with van der Waals surface area (Å²) in [5.41, 5.74) is 2.28. The number of carbonyl (C=O) groups excluding carboxylic acids is 3. The number of aliphatic hydroxyl groups is 1. The van der Waals surface area contributed by atoms with Gasteiger partial charge in [-0.2, -0.15) is 0 Å². The summed E-state index contributed by atoms with van der Waals surface area (Å²) in [6.07, 6.45) is -1.35. The molecule has 2 aliphatic carbocycles. The summed E-state index contributed by atoms with van der Waals surface area (Å²) in [6, 6.07) is 7.78. The van der Waals surface area contributed by atoms with Crippen LogP contribution >= 0.6 is 0 Å². The Morgan fingerprint density at radius 3 is 1.85 bits per heavy atom. The van der Waals surface area contributed by atoms with Gasteiger partial charge in [-0.3, -0.25) is 4.98 Å². The van der Waals surface area contributed by atoms with Crippen molar-refractivity contribution in [3.05, 3.63) is 75.1 Å². The van der Waals surface area contributed by atoms with Gasteiger partial charge in [0.25, 0.3) is 0 Å². The van der Waals surface area contributed by atoms with Crippen LogP contribution < -0.4 is 18.9 Å². The van der Waals surface area contributed by atoms with Gasteiger partial charge in [0.2, 0.25) is 13.6 Å². The molecule has 10 atom stereocenters. The molecular formula is C43H45N3O13. The van der Waals surface area contributed by atoms with E-state index in [9.17, 15) is 29.4 Å². The summed E-state index contributed by atoms with van der Waals surface area (Å²) in [5, 5.41) is 22.3. The number of esters is 3. The Labute approximate surface area is 339 Å². The lowest BCUT2D eigenvalue weighted by Gasteiger charge is -2.48. The zero-order chi connectivity index (χ0) is 41.0. The molecular weight excluding hydrogens is 766 g/mol. The van der Waals surface area contributed by atoms with Crippen LogP contribution in [-0.2, 0) is 14.2 Å². The molecule has 310 valence electrons. The van der Waals surface area contributed by atoms with Crippen molar-refractivity contribution in [1.29, 1.82) is 0 Å². The van der Waals surface area contributed by atoms with Gasteiger partial charge in [0.15, 0.2) is 23.0 Å². The number of fused-ring (bicyclic) bond motifs is 8. The summed E-state index contributed by atoms with van der Waals surface area (Å²) in [4.78, 5) is 63.3. The minimum absolute atomic E-state index is 0.0118. The highest BCUT2D eigenvalue weighted by Crippen LogP contribution is 2.52. The number of carboxylic acid groups (broad SMARTS) is 1. The predicted molar refractivity (Wildman–Crippen MR) is 203 cm³/mol. The zero-order valence-corrected chi connectivity index (χ0v) is 33.0. The van der Waals surface area contributed by atoms with Crippen molar-refractivity contribution in [2.24, 2.45) is 11.8 Å². The Kier molecular flexibility index (Phi) is 9.03. The van der Waals surface area contributed by atoms with Crippen molar-refractivity contribution in [2.75, 3.05) is 40.8 Å². The number of carbonyl (C=O) groups is 4. The van der Waals surface area contributed by atoms with Gasteiger partial charge in [-0.15, -0.1) is 0 Å². The van der Waals surface area contributed by atoms with Crippen LogP contribution in [0.2, 0.25) is 0 Å². The maximum absolute atomic E-state index is 14.2. The Hall–Kier alpha value is -5.45. The number of aryl methyl sites for hydroxylation is 2. The zero-order valence-electron chi connectivity index (χ0n) is 33.0. The summed E-state index contributed by atoms with van der Waals surface area (Å²) < 4.78 is 40.8. The van der Waals surface area contributed by atoms with Gasteiger partial charge in [0, 0.05) is 23.9 Å². The summed E-state index contributed by atoms with van der Waals surface area (Å²) >= 11 is 0. The van der Waals surface area contributed by atoms with E-state index in [2.05, 4.69) is 21.8 Å². The Balaban J connectivity index is 0.920. The van der Waals surface area contributed by atoms with E-state index < -0.39 is 54.2 Å². The lowest BCUT2D eigenvalue weighted by Crippen LogP contribution is -2.55. The van der Waals surface area contributed by atoms with Crippen LogP contribution in [0.1, 0.15) is 101 Å². The molecule has 0 bridgehead atoms. The van der Waals surface area contributed by atoms with Crippen LogP contribution in [-0.4, -0.2) is 126 Å². The van der Waals surface area contributed by atoms with Gasteiger partial charge >= 0.3 is 23.9 Å². The van der Waals surface area contributed by atoms with Crippen molar-refractivity contribution in [2.45, 2.75) is 87.9 Å². The van der Waals surface area contributed by atoms with Crippen molar-refractivity contribution in [1.82, 2.24) is 14.8 Å². The topological polar surface area (TPSA) is 193 Å². The number of rotatable bonds is 6. The van der Waals surface area contributed by atoms with Crippen LogP contribution in [0.25, 0.3) is 0 Å². The molecule has 10 rings (SSSR count). The highest BCUT2D eigenvalue weighted by molar-refractivity contribution is 5.97. The predicted octanol–water partition coefficient (Wildman–Crippen LogP) is 3.82. The second kappa shape index (κ2) is 14.1. The number of carboxylic acids is 1. The largest absolute Gasteiger partial charge is 0.478 e. The molecule has 3 aromatic rings. The molecule has 16 heteroatoms. The van der Waals surface area contributed by atoms with Gasteiger partial charge in [0.05, 0.1) is 39.7 Å². The van der Waals surface area contributed by atoms with Crippen LogP contribution in [0.15, 0.2) is 30.3 Å². The number of hydrogen-bond acceptors (Lipinski definition) is 15. The maximum atomic E-state index is 14.2. The van der Waals surface area contributed by atoms with Crippen LogP contribution in [0.4, 0.5) is 0 Å². The monoisotopic (exact) mass is 811 g/mol. The Bertz CT molecular complexity index is 2300. The van der Waals surface area contributed by atoms with E-state index in [1.54, 1.807) is 26.0 Å². The van der Waals surface area contributed by atoms with Crippen LogP contribution in [0.3, 0.4) is 0 Å². The minimum Gasteiger partial charge on any atom is -0.478 e. The number of aromatic nitrogens is 1. The van der Waals surface area contributed by atoms with E-state index in [0.717, 1.165) is 31.5 Å². The lowest BCUT2D eigenvalue weighted by atomic mass is 9.69. The quantitative estimate of drug-likeness (QED) is 0.269. The SMILES string of the molecule is Cc1nc(C)c(C(=O)OC2CC3CCN(C)C3C3c4cc5c(cc4C(=O)OC23)OCO5)cc1C(=O)OC1CC2CCN(C)C2C(c2cc3c(cc2C(=O)O)OCO3)C1O. The molecule has 1 aromatic heterocycles. The molecule has 6 heterocycles. The smallest absolute Gasteiger partial charge is 0.340 e. The first-order chi connectivity index (χ1) is 28.4. The third-order valence-corrected chi connectivity index (χ3v) is 13.8. The van der Waals surface area contributed by atoms with E-state index in [0.29, 0.717) is 58.4 Å². The average Bonchev–Trinajstić information content (AvgIpc) is 4.02. The summed E-state index contributed by atoms with van der Waals surface area (Å²) in [5.74, 6) is -2.36. The number of likely N-dealkylation sites (N-methyl/N-ethyl adjacent to an activating group) is 2. The van der Waals surface area contributed by atoms with Crippen molar-refractivity contribution < 1.29 is 62.5 Å². The third-order valence-electron chi connectivity index (χ3n) is 13.8. The fourth-order valence-electron chi connectivity index (χ4n) is 11.1. The van der Waals surface area contributed by atoms with Gasteiger partial charge in [-0.25, -0.2) is 19.2 Å². The third kappa shape index (κ3) is 6.09. The molecule has 7 aliphatic rings. The molecule has 5 aliphatic heterocycles. The minimum atomic E-state index is -1.27. The summed E-state index contributed by atoms with van der Waals surface area (Å²) in [7, 11) is 4.00. The second-order valence-electron chi connectivity index (χ2n) is 17.0. The number of aliphatic hydroxyl groups excluding tert-OH is 1. The number of nitrogens with zero attached hydrogens (tertiary/aromatic N) is 3. The summed E-state index contributed by atoms with van der Waals surface area (Å²) in [6.45, 7) is 4.86. The molecule has 4 fully saturated rings. The first-order valence-electron chi connectivity index (χ1n) is 20.2. The molecule has 0 radical (unpaired) electrons. The number of aromatic carboxylic acids is 1. The number of hydrogen-bond donors (Lipinski definition) is 2. The number of ether oxygens (including phenoxy) is 7. The number of pyridine rings is 1.